The molecular formula is C10H9FOS2. The van der Waals surface area contributed by atoms with Crippen LogP contribution in [0.25, 0.3) is 10.1 Å². The van der Waals surface area contributed by atoms with E-state index in [2.05, 4.69) is 0 Å². The number of halogens is 1. The van der Waals surface area contributed by atoms with E-state index < -0.39 is 0 Å². The molecule has 0 saturated carbocycles. The predicted octanol–water partition coefficient (Wildman–Crippen LogP) is 3.25. The lowest BCUT2D eigenvalue weighted by molar-refractivity contribution is 0.281. The van der Waals surface area contributed by atoms with Gasteiger partial charge in [0, 0.05) is 20.4 Å². The molecule has 2 aromatic rings. The Kier molecular flexibility index (Phi) is 2.76. The second kappa shape index (κ2) is 3.88. The van der Waals surface area contributed by atoms with E-state index >= 15 is 0 Å². The summed E-state index contributed by atoms with van der Waals surface area (Å²) in [5.74, 6) is -0.239. The number of hydrogen-bond acceptors (Lipinski definition) is 3. The predicted molar refractivity (Wildman–Crippen MR) is 59.5 cm³/mol. The number of thiophene rings is 1. The summed E-state index contributed by atoms with van der Waals surface area (Å²) < 4.78 is 14.5. The minimum absolute atomic E-state index is 0.112. The number of benzene rings is 1. The molecule has 0 saturated heterocycles. The zero-order valence-corrected chi connectivity index (χ0v) is 9.21. The van der Waals surface area contributed by atoms with E-state index in [1.54, 1.807) is 11.8 Å². The number of thioether (sulfide) groups is 1. The van der Waals surface area contributed by atoms with E-state index in [0.29, 0.717) is 10.9 Å². The van der Waals surface area contributed by atoms with Gasteiger partial charge >= 0.3 is 0 Å². The van der Waals surface area contributed by atoms with Crippen molar-refractivity contribution in [3.8, 4) is 0 Å². The first-order valence-corrected chi connectivity index (χ1v) is 6.21. The second-order valence-corrected chi connectivity index (χ2v) is 4.67. The van der Waals surface area contributed by atoms with Crippen molar-refractivity contribution in [3.63, 3.8) is 0 Å². The van der Waals surface area contributed by atoms with Crippen LogP contribution in [0.3, 0.4) is 0 Å². The molecular weight excluding hydrogens is 219 g/mol. The van der Waals surface area contributed by atoms with Gasteiger partial charge in [-0.2, -0.15) is 0 Å². The van der Waals surface area contributed by atoms with Gasteiger partial charge < -0.3 is 5.11 Å². The molecule has 0 fully saturated rings. The maximum atomic E-state index is 13.6. The van der Waals surface area contributed by atoms with Gasteiger partial charge in [-0.15, -0.1) is 23.1 Å². The van der Waals surface area contributed by atoms with Crippen LogP contribution in [-0.4, -0.2) is 11.4 Å². The molecule has 1 N–H and O–H groups in total. The number of hydrogen-bond donors (Lipinski definition) is 1. The molecule has 74 valence electrons. The van der Waals surface area contributed by atoms with Gasteiger partial charge in [-0.25, -0.2) is 4.39 Å². The lowest BCUT2D eigenvalue weighted by atomic mass is 10.2. The van der Waals surface area contributed by atoms with Crippen molar-refractivity contribution < 1.29 is 9.50 Å². The van der Waals surface area contributed by atoms with Crippen molar-refractivity contribution in [1.29, 1.82) is 0 Å². The maximum absolute atomic E-state index is 13.6. The van der Waals surface area contributed by atoms with E-state index in [1.807, 2.05) is 17.7 Å². The number of aliphatic hydroxyl groups is 1. The highest BCUT2D eigenvalue weighted by Gasteiger charge is 2.09. The van der Waals surface area contributed by atoms with Crippen LogP contribution < -0.4 is 0 Å². The largest absolute Gasteiger partial charge is 0.392 e. The third-order valence-corrected chi connectivity index (χ3v) is 3.90. The summed E-state index contributed by atoms with van der Waals surface area (Å²) in [7, 11) is 0. The van der Waals surface area contributed by atoms with Crippen molar-refractivity contribution in [2.75, 3.05) is 6.26 Å². The minimum Gasteiger partial charge on any atom is -0.392 e. The Morgan fingerprint density at radius 2 is 2.29 bits per heavy atom. The van der Waals surface area contributed by atoms with Crippen LogP contribution in [0.2, 0.25) is 0 Å². The minimum atomic E-state index is -0.239. The van der Waals surface area contributed by atoms with Gasteiger partial charge in [-0.3, -0.25) is 0 Å². The van der Waals surface area contributed by atoms with Gasteiger partial charge in [0.1, 0.15) is 5.82 Å². The van der Waals surface area contributed by atoms with Crippen LogP contribution in [0.1, 0.15) is 5.56 Å². The fourth-order valence-corrected chi connectivity index (χ4v) is 3.29. The quantitative estimate of drug-likeness (QED) is 0.796. The number of rotatable bonds is 2. The van der Waals surface area contributed by atoms with Crippen LogP contribution >= 0.6 is 23.1 Å². The Morgan fingerprint density at radius 3 is 2.93 bits per heavy atom. The Bertz CT molecular complexity index is 464. The van der Waals surface area contributed by atoms with Crippen molar-refractivity contribution in [2.45, 2.75) is 11.5 Å². The van der Waals surface area contributed by atoms with Crippen LogP contribution in [0.5, 0.6) is 0 Å². The first-order chi connectivity index (χ1) is 6.76. The average molecular weight is 228 g/mol. The molecule has 0 aliphatic carbocycles. The molecule has 2 rings (SSSR count). The molecule has 1 aromatic heterocycles. The Morgan fingerprint density at radius 1 is 1.50 bits per heavy atom. The van der Waals surface area contributed by atoms with E-state index in [4.69, 9.17) is 5.11 Å². The Labute approximate surface area is 89.6 Å². The summed E-state index contributed by atoms with van der Waals surface area (Å²) in [6, 6.07) is 3.23. The summed E-state index contributed by atoms with van der Waals surface area (Å²) in [5, 5.41) is 11.5. The first-order valence-electron chi connectivity index (χ1n) is 4.10. The maximum Gasteiger partial charge on any atom is 0.133 e. The molecule has 0 atom stereocenters. The van der Waals surface area contributed by atoms with Gasteiger partial charge in [-0.1, -0.05) is 0 Å². The molecule has 0 spiro atoms. The van der Waals surface area contributed by atoms with E-state index in [-0.39, 0.29) is 12.4 Å². The summed E-state index contributed by atoms with van der Waals surface area (Å²) >= 11 is 3.05. The fraction of sp³-hybridized carbons (Fsp3) is 0.200. The molecule has 0 aliphatic heterocycles. The fourth-order valence-electron chi connectivity index (χ4n) is 1.38. The topological polar surface area (TPSA) is 20.2 Å². The van der Waals surface area contributed by atoms with Gasteiger partial charge in [0.05, 0.1) is 6.61 Å². The lowest BCUT2D eigenvalue weighted by Crippen LogP contribution is -1.85. The van der Waals surface area contributed by atoms with Crippen molar-refractivity contribution >= 4 is 33.2 Å². The van der Waals surface area contributed by atoms with E-state index in [0.717, 1.165) is 9.60 Å². The van der Waals surface area contributed by atoms with Crippen LogP contribution in [-0.2, 0) is 6.61 Å². The first kappa shape index (κ1) is 9.96. The molecule has 0 radical (unpaired) electrons. The lowest BCUT2D eigenvalue weighted by Gasteiger charge is -1.99. The third kappa shape index (κ3) is 1.54. The van der Waals surface area contributed by atoms with Gasteiger partial charge in [-0.05, 0) is 24.0 Å². The highest BCUT2D eigenvalue weighted by Crippen LogP contribution is 2.34. The molecule has 0 aliphatic rings. The van der Waals surface area contributed by atoms with E-state index in [9.17, 15) is 4.39 Å². The monoisotopic (exact) mass is 228 g/mol. The summed E-state index contributed by atoms with van der Waals surface area (Å²) in [6.45, 7) is -0.112. The summed E-state index contributed by atoms with van der Waals surface area (Å²) in [5.41, 5.74) is 0.629. The molecule has 0 unspecified atom stereocenters. The standard InChI is InChI=1S/C10H9FOS2/c1-13-9-5-14-8-3-6(4-12)2-7(11)10(8)9/h2-3,5,12H,4H2,1H3. The number of aliphatic hydroxyl groups excluding tert-OH is 1. The molecule has 1 heterocycles. The number of fused-ring (bicyclic) bond motifs is 1. The van der Waals surface area contributed by atoms with Crippen molar-refractivity contribution in [2.24, 2.45) is 0 Å². The van der Waals surface area contributed by atoms with Crippen LogP contribution in [0, 0.1) is 5.82 Å². The third-order valence-electron chi connectivity index (χ3n) is 2.06. The van der Waals surface area contributed by atoms with Crippen LogP contribution in [0.4, 0.5) is 4.39 Å². The van der Waals surface area contributed by atoms with Crippen LogP contribution in [0.15, 0.2) is 22.4 Å². The zero-order chi connectivity index (χ0) is 10.1. The second-order valence-electron chi connectivity index (χ2n) is 2.91. The highest BCUT2D eigenvalue weighted by molar-refractivity contribution is 7.99. The summed E-state index contributed by atoms with van der Waals surface area (Å²) in [6.07, 6.45) is 1.93. The highest BCUT2D eigenvalue weighted by atomic mass is 32.2. The van der Waals surface area contributed by atoms with E-state index in [1.165, 1.54) is 17.4 Å². The van der Waals surface area contributed by atoms with Crippen molar-refractivity contribution in [3.05, 3.63) is 28.9 Å². The summed E-state index contributed by atoms with van der Waals surface area (Å²) in [4.78, 5) is 0.965. The molecule has 1 aromatic carbocycles. The SMILES string of the molecule is CSc1csc2cc(CO)cc(F)c12. The smallest absolute Gasteiger partial charge is 0.133 e. The van der Waals surface area contributed by atoms with Gasteiger partial charge in [0.2, 0.25) is 0 Å². The zero-order valence-electron chi connectivity index (χ0n) is 7.58. The molecule has 4 heteroatoms. The normalized spacial score (nSPS) is 11.1. The molecule has 1 nitrogen and oxygen atoms in total. The Balaban J connectivity index is 2.72. The molecule has 0 bridgehead atoms. The average Bonchev–Trinajstić information content (AvgIpc) is 2.61. The molecule has 14 heavy (non-hydrogen) atoms. The molecule has 0 amide bonds. The van der Waals surface area contributed by atoms with Gasteiger partial charge in [0.25, 0.3) is 0 Å². The Hall–Kier alpha value is -0.580. The van der Waals surface area contributed by atoms with Gasteiger partial charge in [0.15, 0.2) is 0 Å². The van der Waals surface area contributed by atoms with Crippen molar-refractivity contribution in [1.82, 2.24) is 0 Å².